The van der Waals surface area contributed by atoms with E-state index in [2.05, 4.69) is 5.32 Å². The Balaban J connectivity index is 1.85. The van der Waals surface area contributed by atoms with Gasteiger partial charge in [0.2, 0.25) is 5.91 Å². The fourth-order valence-corrected chi connectivity index (χ4v) is 2.93. The Morgan fingerprint density at radius 1 is 1.33 bits per heavy atom. The second-order valence-electron chi connectivity index (χ2n) is 5.66. The third-order valence-electron chi connectivity index (χ3n) is 4.18. The monoisotopic (exact) mass is 291 g/mol. The number of benzene rings is 1. The van der Waals surface area contributed by atoms with E-state index in [0.717, 1.165) is 11.3 Å². The summed E-state index contributed by atoms with van der Waals surface area (Å²) in [5, 5.41) is 2.99. The van der Waals surface area contributed by atoms with Crippen molar-refractivity contribution in [3.05, 3.63) is 29.8 Å². The normalized spacial score (nSPS) is 16.7. The van der Waals surface area contributed by atoms with Gasteiger partial charge in [0, 0.05) is 20.1 Å². The SMILES string of the molecule is COc1cccc(C(CNC(=O)CC2CCCC2)OC)c1. The first-order valence-corrected chi connectivity index (χ1v) is 7.66. The molecule has 0 heterocycles. The molecular formula is C17H25NO3. The van der Waals surface area contributed by atoms with Crippen LogP contribution in [0.15, 0.2) is 24.3 Å². The quantitative estimate of drug-likeness (QED) is 0.840. The van der Waals surface area contributed by atoms with Gasteiger partial charge >= 0.3 is 0 Å². The van der Waals surface area contributed by atoms with Crippen LogP contribution in [0, 0.1) is 5.92 Å². The smallest absolute Gasteiger partial charge is 0.220 e. The Bertz CT molecular complexity index is 455. The number of carbonyl (C=O) groups is 1. The van der Waals surface area contributed by atoms with Gasteiger partial charge in [0.1, 0.15) is 5.75 Å². The van der Waals surface area contributed by atoms with E-state index < -0.39 is 0 Å². The molecular weight excluding hydrogens is 266 g/mol. The van der Waals surface area contributed by atoms with E-state index in [1.54, 1.807) is 14.2 Å². The standard InChI is InChI=1S/C17H25NO3/c1-20-15-9-5-8-14(11-15)16(21-2)12-18-17(19)10-13-6-3-4-7-13/h5,8-9,11,13,16H,3-4,6-7,10,12H2,1-2H3,(H,18,19). The average molecular weight is 291 g/mol. The Labute approximate surface area is 126 Å². The summed E-state index contributed by atoms with van der Waals surface area (Å²) in [7, 11) is 3.30. The van der Waals surface area contributed by atoms with Gasteiger partial charge in [-0.3, -0.25) is 4.79 Å². The molecule has 1 atom stereocenters. The second-order valence-corrected chi connectivity index (χ2v) is 5.66. The maximum atomic E-state index is 12.0. The summed E-state index contributed by atoms with van der Waals surface area (Å²) in [5.41, 5.74) is 1.01. The number of nitrogens with one attached hydrogen (secondary N) is 1. The summed E-state index contributed by atoms with van der Waals surface area (Å²) in [6.07, 6.45) is 5.42. The molecule has 1 amide bonds. The Kier molecular flexibility index (Phi) is 6.05. The van der Waals surface area contributed by atoms with Gasteiger partial charge in [0.05, 0.1) is 13.2 Å². The largest absolute Gasteiger partial charge is 0.497 e. The summed E-state index contributed by atoms with van der Waals surface area (Å²) < 4.78 is 10.7. The molecule has 0 saturated heterocycles. The molecule has 0 bridgehead atoms. The summed E-state index contributed by atoms with van der Waals surface area (Å²) in [5.74, 6) is 1.50. The number of rotatable bonds is 7. The first kappa shape index (κ1) is 15.8. The van der Waals surface area contributed by atoms with Gasteiger partial charge in [-0.15, -0.1) is 0 Å². The van der Waals surface area contributed by atoms with Gasteiger partial charge in [-0.05, 0) is 36.5 Å². The lowest BCUT2D eigenvalue weighted by molar-refractivity contribution is -0.122. The van der Waals surface area contributed by atoms with Crippen LogP contribution in [0.4, 0.5) is 0 Å². The van der Waals surface area contributed by atoms with Crippen LogP contribution in [-0.2, 0) is 9.53 Å². The van der Waals surface area contributed by atoms with Crippen molar-refractivity contribution in [1.82, 2.24) is 5.32 Å². The van der Waals surface area contributed by atoms with E-state index in [1.165, 1.54) is 25.7 Å². The van der Waals surface area contributed by atoms with Crippen molar-refractivity contribution >= 4 is 5.91 Å². The average Bonchev–Trinajstić information content (AvgIpc) is 3.01. The molecule has 2 rings (SSSR count). The molecule has 1 aliphatic carbocycles. The molecule has 0 aromatic heterocycles. The molecule has 1 unspecified atom stereocenters. The molecule has 116 valence electrons. The highest BCUT2D eigenvalue weighted by molar-refractivity contribution is 5.76. The maximum absolute atomic E-state index is 12.0. The predicted molar refractivity (Wildman–Crippen MR) is 82.3 cm³/mol. The zero-order valence-electron chi connectivity index (χ0n) is 12.9. The Hall–Kier alpha value is -1.55. The lowest BCUT2D eigenvalue weighted by Crippen LogP contribution is -2.30. The van der Waals surface area contributed by atoms with E-state index in [1.807, 2.05) is 24.3 Å². The maximum Gasteiger partial charge on any atom is 0.220 e. The minimum atomic E-state index is -0.146. The molecule has 1 aromatic rings. The molecule has 1 N–H and O–H groups in total. The van der Waals surface area contributed by atoms with Crippen LogP contribution in [0.5, 0.6) is 5.75 Å². The van der Waals surface area contributed by atoms with E-state index in [0.29, 0.717) is 18.9 Å². The Morgan fingerprint density at radius 3 is 2.76 bits per heavy atom. The lowest BCUT2D eigenvalue weighted by atomic mass is 10.0. The van der Waals surface area contributed by atoms with Crippen molar-refractivity contribution in [2.45, 2.75) is 38.2 Å². The van der Waals surface area contributed by atoms with E-state index in [4.69, 9.17) is 9.47 Å². The van der Waals surface area contributed by atoms with Crippen LogP contribution in [0.25, 0.3) is 0 Å². The molecule has 1 aliphatic rings. The molecule has 4 heteroatoms. The van der Waals surface area contributed by atoms with Crippen LogP contribution < -0.4 is 10.1 Å². The van der Waals surface area contributed by atoms with E-state index in [9.17, 15) is 4.79 Å². The van der Waals surface area contributed by atoms with Gasteiger partial charge in [-0.2, -0.15) is 0 Å². The Morgan fingerprint density at radius 2 is 2.10 bits per heavy atom. The van der Waals surface area contributed by atoms with Crippen LogP contribution in [0.3, 0.4) is 0 Å². The van der Waals surface area contributed by atoms with Crippen LogP contribution in [0.1, 0.15) is 43.8 Å². The molecule has 21 heavy (non-hydrogen) atoms. The molecule has 4 nitrogen and oxygen atoms in total. The minimum Gasteiger partial charge on any atom is -0.497 e. The van der Waals surface area contributed by atoms with Crippen molar-refractivity contribution in [3.8, 4) is 5.75 Å². The molecule has 1 saturated carbocycles. The number of hydrogen-bond donors (Lipinski definition) is 1. The fraction of sp³-hybridized carbons (Fsp3) is 0.588. The summed E-state index contributed by atoms with van der Waals surface area (Å²) in [4.78, 5) is 12.0. The van der Waals surface area contributed by atoms with Crippen molar-refractivity contribution in [2.75, 3.05) is 20.8 Å². The molecule has 0 spiro atoms. The van der Waals surface area contributed by atoms with Gasteiger partial charge in [-0.1, -0.05) is 25.0 Å². The van der Waals surface area contributed by atoms with Crippen LogP contribution in [0.2, 0.25) is 0 Å². The highest BCUT2D eigenvalue weighted by atomic mass is 16.5. The van der Waals surface area contributed by atoms with E-state index >= 15 is 0 Å². The van der Waals surface area contributed by atoms with Crippen LogP contribution in [-0.4, -0.2) is 26.7 Å². The van der Waals surface area contributed by atoms with Gasteiger partial charge < -0.3 is 14.8 Å². The molecule has 0 radical (unpaired) electrons. The van der Waals surface area contributed by atoms with Gasteiger partial charge in [0.15, 0.2) is 0 Å². The third-order valence-corrected chi connectivity index (χ3v) is 4.18. The molecule has 0 aliphatic heterocycles. The summed E-state index contributed by atoms with van der Waals surface area (Å²) >= 11 is 0. The summed E-state index contributed by atoms with van der Waals surface area (Å²) in [6.45, 7) is 0.495. The summed E-state index contributed by atoms with van der Waals surface area (Å²) in [6, 6.07) is 7.76. The zero-order chi connectivity index (χ0) is 15.1. The highest BCUT2D eigenvalue weighted by Crippen LogP contribution is 2.27. The predicted octanol–water partition coefficient (Wildman–Crippen LogP) is 3.08. The first-order chi connectivity index (χ1) is 10.2. The minimum absolute atomic E-state index is 0.131. The zero-order valence-corrected chi connectivity index (χ0v) is 12.9. The van der Waals surface area contributed by atoms with Crippen LogP contribution >= 0.6 is 0 Å². The fourth-order valence-electron chi connectivity index (χ4n) is 2.93. The molecule has 1 aromatic carbocycles. The topological polar surface area (TPSA) is 47.6 Å². The first-order valence-electron chi connectivity index (χ1n) is 7.66. The number of ether oxygens (including phenoxy) is 2. The van der Waals surface area contributed by atoms with Crippen molar-refractivity contribution < 1.29 is 14.3 Å². The van der Waals surface area contributed by atoms with Crippen molar-refractivity contribution in [2.24, 2.45) is 5.92 Å². The number of hydrogen-bond acceptors (Lipinski definition) is 3. The van der Waals surface area contributed by atoms with Gasteiger partial charge in [0.25, 0.3) is 0 Å². The number of carbonyl (C=O) groups excluding carboxylic acids is 1. The van der Waals surface area contributed by atoms with Crippen molar-refractivity contribution in [1.29, 1.82) is 0 Å². The second kappa shape index (κ2) is 8.03. The lowest BCUT2D eigenvalue weighted by Gasteiger charge is -2.18. The van der Waals surface area contributed by atoms with Crippen molar-refractivity contribution in [3.63, 3.8) is 0 Å². The molecule has 1 fully saturated rings. The third kappa shape index (κ3) is 4.74. The number of methoxy groups -OCH3 is 2. The highest BCUT2D eigenvalue weighted by Gasteiger charge is 2.19. The van der Waals surface area contributed by atoms with Gasteiger partial charge in [-0.25, -0.2) is 0 Å². The van der Waals surface area contributed by atoms with E-state index in [-0.39, 0.29) is 12.0 Å². The number of amides is 1.